The van der Waals surface area contributed by atoms with Crippen LogP contribution in [0.4, 0.5) is 0 Å². The lowest BCUT2D eigenvalue weighted by Gasteiger charge is -2.63. The Morgan fingerprint density at radius 1 is 0.889 bits per heavy atom. The molecule has 3 aliphatic heterocycles. The fourth-order valence-electron chi connectivity index (χ4n) is 13.8. The third kappa shape index (κ3) is 4.21. The fourth-order valence-corrected chi connectivity index (χ4v) is 13.8. The van der Waals surface area contributed by atoms with Gasteiger partial charge in [0.25, 0.3) is 0 Å². The molecule has 3 saturated heterocycles. The summed E-state index contributed by atoms with van der Waals surface area (Å²) in [6.45, 7) is 15.3. The van der Waals surface area contributed by atoms with Gasteiger partial charge >= 0.3 is 5.97 Å². The zero-order chi connectivity index (χ0) is 30.8. The third-order valence-electron chi connectivity index (χ3n) is 16.7. The first-order valence-corrected chi connectivity index (χ1v) is 19.0. The number of fused-ring (bicyclic) bond motifs is 4. The van der Waals surface area contributed by atoms with Crippen LogP contribution in [-0.2, 0) is 28.5 Å². The topological polar surface area (TPSA) is 66.5 Å². The second-order valence-corrected chi connectivity index (χ2v) is 18.4. The number of ether oxygens (including phenoxy) is 5. The molecule has 0 radical (unpaired) electrons. The second kappa shape index (κ2) is 10.4. The van der Waals surface area contributed by atoms with Crippen molar-refractivity contribution in [2.75, 3.05) is 39.5 Å². The molecule has 0 aromatic carbocycles. The van der Waals surface area contributed by atoms with Crippen LogP contribution in [0.5, 0.6) is 0 Å². The molecule has 7 heteroatoms. The molecular weight excluding hydrogens is 566 g/mol. The van der Waals surface area contributed by atoms with E-state index in [0.717, 1.165) is 64.0 Å². The van der Waals surface area contributed by atoms with Crippen molar-refractivity contribution in [3.63, 3.8) is 0 Å². The van der Waals surface area contributed by atoms with Crippen LogP contribution in [0.1, 0.15) is 111 Å². The molecule has 0 aromatic rings. The Hall–Kier alpha value is -0.730. The van der Waals surface area contributed by atoms with Gasteiger partial charge in [-0.1, -0.05) is 34.1 Å². The van der Waals surface area contributed by atoms with E-state index >= 15 is 0 Å². The predicted octanol–water partition coefficient (Wildman–Crippen LogP) is 6.37. The number of esters is 1. The van der Waals surface area contributed by atoms with Crippen molar-refractivity contribution in [2.45, 2.75) is 142 Å². The van der Waals surface area contributed by atoms with E-state index in [2.05, 4.69) is 32.6 Å². The minimum absolute atomic E-state index is 0.0174. The largest absolute Gasteiger partial charge is 0.463 e. The first-order chi connectivity index (χ1) is 21.6. The molecule has 9 rings (SSSR count). The summed E-state index contributed by atoms with van der Waals surface area (Å²) in [7, 11) is 0. The van der Waals surface area contributed by atoms with E-state index < -0.39 is 0 Å². The summed E-state index contributed by atoms with van der Waals surface area (Å²) in [5.74, 6) is 2.35. The Kier molecular flexibility index (Phi) is 7.00. The molecule has 2 spiro atoms. The molecule has 0 amide bonds. The smallest absolute Gasteiger partial charge is 0.309 e. The van der Waals surface area contributed by atoms with Crippen molar-refractivity contribution in [3.8, 4) is 0 Å². The average Bonchev–Trinajstić information content (AvgIpc) is 3.55. The summed E-state index contributed by atoms with van der Waals surface area (Å²) in [5.41, 5.74) is 1.85. The van der Waals surface area contributed by atoms with Gasteiger partial charge in [0.05, 0.1) is 56.6 Å². The van der Waals surface area contributed by atoms with Gasteiger partial charge in [-0.2, -0.15) is 0 Å². The fraction of sp³-hybridized carbons (Fsp3) is 0.974. The number of nitrogens with zero attached hydrogens (tertiary/aromatic N) is 1. The standard InChI is InChI=1S/C38H59NO6/c1-34(2)29-10-11-30-36(4)18-28-27(9-8-26(44-28)22-43-33(40)24-6-5-7-24)35(36,3)14-15-38(30)23-37(29,38)13-12-31(34)45-32-19-39(16-17-42-32)25-20-41-21-25/h24-32H,5-23H2,1-4H3/t26?,27-,28?,29?,30?,31?,32-,35?,36-,37+,38-/m0/s1. The van der Waals surface area contributed by atoms with Crippen LogP contribution in [0.3, 0.4) is 0 Å². The monoisotopic (exact) mass is 625 g/mol. The number of rotatable bonds is 6. The molecule has 0 N–H and O–H groups in total. The quantitative estimate of drug-likeness (QED) is 0.318. The van der Waals surface area contributed by atoms with Gasteiger partial charge in [0.1, 0.15) is 6.61 Å². The lowest BCUT2D eigenvalue weighted by Crippen LogP contribution is -2.59. The van der Waals surface area contributed by atoms with Gasteiger partial charge in [0.2, 0.25) is 0 Å². The maximum atomic E-state index is 12.4. The van der Waals surface area contributed by atoms with E-state index in [-0.39, 0.29) is 35.8 Å². The maximum absolute atomic E-state index is 12.4. The Labute approximate surface area is 271 Å². The minimum atomic E-state index is -0.108. The van der Waals surface area contributed by atoms with E-state index in [9.17, 15) is 4.79 Å². The van der Waals surface area contributed by atoms with Gasteiger partial charge in [-0.3, -0.25) is 9.69 Å². The molecular formula is C38H59NO6. The second-order valence-electron chi connectivity index (χ2n) is 18.4. The molecule has 9 aliphatic rings. The van der Waals surface area contributed by atoms with Crippen LogP contribution < -0.4 is 0 Å². The van der Waals surface area contributed by atoms with Gasteiger partial charge in [-0.05, 0) is 122 Å². The van der Waals surface area contributed by atoms with E-state index in [1.54, 1.807) is 0 Å². The van der Waals surface area contributed by atoms with E-state index in [1.807, 2.05) is 0 Å². The minimum Gasteiger partial charge on any atom is -0.463 e. The zero-order valence-electron chi connectivity index (χ0n) is 28.5. The van der Waals surface area contributed by atoms with Crippen LogP contribution in [-0.4, -0.2) is 81.0 Å². The molecule has 0 aromatic heterocycles. The predicted molar refractivity (Wildman–Crippen MR) is 169 cm³/mol. The Morgan fingerprint density at radius 3 is 2.44 bits per heavy atom. The molecule has 7 nitrogen and oxygen atoms in total. The molecule has 6 aliphatic carbocycles. The van der Waals surface area contributed by atoms with Gasteiger partial charge in [0, 0.05) is 6.54 Å². The summed E-state index contributed by atoms with van der Waals surface area (Å²) in [4.78, 5) is 15.0. The molecule has 252 valence electrons. The van der Waals surface area contributed by atoms with Gasteiger partial charge in [0.15, 0.2) is 6.29 Å². The number of carbonyl (C=O) groups is 1. The molecule has 6 saturated carbocycles. The van der Waals surface area contributed by atoms with Crippen molar-refractivity contribution < 1.29 is 28.5 Å². The Bertz CT molecular complexity index is 1180. The summed E-state index contributed by atoms with van der Waals surface area (Å²) < 4.78 is 31.3. The molecule has 6 unspecified atom stereocenters. The van der Waals surface area contributed by atoms with Crippen molar-refractivity contribution >= 4 is 5.97 Å². The highest BCUT2D eigenvalue weighted by Gasteiger charge is 2.83. The zero-order valence-corrected chi connectivity index (χ0v) is 28.5. The first kappa shape index (κ1) is 30.3. The molecule has 3 heterocycles. The number of carbonyl (C=O) groups excluding carboxylic acids is 1. The highest BCUT2D eigenvalue weighted by atomic mass is 16.7. The van der Waals surface area contributed by atoms with Crippen molar-refractivity contribution in [3.05, 3.63) is 0 Å². The first-order valence-electron chi connectivity index (χ1n) is 19.0. The normalized spacial score (nSPS) is 52.2. The van der Waals surface area contributed by atoms with E-state index in [4.69, 9.17) is 23.7 Å². The lowest BCUT2D eigenvalue weighted by molar-refractivity contribution is -0.255. The number of morpholine rings is 1. The molecule has 9 fully saturated rings. The average molecular weight is 626 g/mol. The van der Waals surface area contributed by atoms with Crippen molar-refractivity contribution in [1.29, 1.82) is 0 Å². The Morgan fingerprint density at radius 2 is 1.69 bits per heavy atom. The molecule has 11 atom stereocenters. The summed E-state index contributed by atoms with van der Waals surface area (Å²) >= 11 is 0. The third-order valence-corrected chi connectivity index (χ3v) is 16.7. The van der Waals surface area contributed by atoms with Crippen LogP contribution in [0, 0.1) is 50.7 Å². The van der Waals surface area contributed by atoms with Crippen LogP contribution >= 0.6 is 0 Å². The Balaban J connectivity index is 0.886. The van der Waals surface area contributed by atoms with Crippen LogP contribution in [0.15, 0.2) is 0 Å². The summed E-state index contributed by atoms with van der Waals surface area (Å²) in [6, 6.07) is 0.549. The lowest BCUT2D eigenvalue weighted by atomic mass is 9.42. The van der Waals surface area contributed by atoms with E-state index in [1.165, 1.54) is 64.2 Å². The van der Waals surface area contributed by atoms with Crippen molar-refractivity contribution in [2.24, 2.45) is 50.7 Å². The van der Waals surface area contributed by atoms with Crippen LogP contribution in [0.2, 0.25) is 0 Å². The van der Waals surface area contributed by atoms with Gasteiger partial charge in [-0.15, -0.1) is 0 Å². The number of hydrogen-bond donors (Lipinski definition) is 0. The van der Waals surface area contributed by atoms with E-state index in [0.29, 0.717) is 46.3 Å². The van der Waals surface area contributed by atoms with Crippen LogP contribution in [0.25, 0.3) is 0 Å². The summed E-state index contributed by atoms with van der Waals surface area (Å²) in [6.07, 6.45) is 16.7. The summed E-state index contributed by atoms with van der Waals surface area (Å²) in [5, 5.41) is 0. The maximum Gasteiger partial charge on any atom is 0.309 e. The molecule has 0 bridgehead atoms. The van der Waals surface area contributed by atoms with Crippen molar-refractivity contribution in [1.82, 2.24) is 4.90 Å². The highest BCUT2D eigenvalue weighted by Crippen LogP contribution is 2.89. The molecule has 45 heavy (non-hydrogen) atoms. The SMILES string of the molecule is CC1(C)C(O[C@H]2CN(C3COC3)CCO2)CC[C@]23C[C@]24CCC2(C)[C@H]5CCC(COC(=O)C6CCC6)OC5C[C@@]2(C)C4CCC13. The number of hydrogen-bond acceptors (Lipinski definition) is 7. The van der Waals surface area contributed by atoms with Gasteiger partial charge < -0.3 is 23.7 Å². The highest BCUT2D eigenvalue weighted by molar-refractivity contribution is 5.73. The van der Waals surface area contributed by atoms with Gasteiger partial charge in [-0.25, -0.2) is 0 Å².